The lowest BCUT2D eigenvalue weighted by molar-refractivity contribution is -0.122. The van der Waals surface area contributed by atoms with Crippen molar-refractivity contribution in [2.45, 2.75) is 20.0 Å². The van der Waals surface area contributed by atoms with Gasteiger partial charge < -0.3 is 14.8 Å². The summed E-state index contributed by atoms with van der Waals surface area (Å²) >= 11 is 12.0. The first-order valence-corrected chi connectivity index (χ1v) is 7.73. The average Bonchev–Trinajstić information content (AvgIpc) is 2.51. The number of hydrogen-bond acceptors (Lipinski definition) is 3. The molecule has 0 bridgehead atoms. The summed E-state index contributed by atoms with van der Waals surface area (Å²) in [4.78, 5) is 12.3. The molecular formula is C17H17Cl2NO3. The quantitative estimate of drug-likeness (QED) is 0.845. The first-order valence-electron chi connectivity index (χ1n) is 6.98. The van der Waals surface area contributed by atoms with Crippen molar-refractivity contribution in [1.29, 1.82) is 0 Å². The Hall–Kier alpha value is -1.91. The van der Waals surface area contributed by atoms with E-state index in [1.54, 1.807) is 37.3 Å². The van der Waals surface area contributed by atoms with Gasteiger partial charge in [0.05, 0.1) is 17.8 Å². The topological polar surface area (TPSA) is 47.6 Å². The third kappa shape index (κ3) is 4.53. The van der Waals surface area contributed by atoms with Gasteiger partial charge in [0, 0.05) is 5.02 Å². The zero-order chi connectivity index (χ0) is 17.0. The van der Waals surface area contributed by atoms with Crippen molar-refractivity contribution in [2.75, 3.05) is 12.4 Å². The molecule has 0 aliphatic rings. The summed E-state index contributed by atoms with van der Waals surface area (Å²) in [6.45, 7) is 3.57. The highest BCUT2D eigenvalue weighted by atomic mass is 35.5. The van der Waals surface area contributed by atoms with Gasteiger partial charge in [-0.1, -0.05) is 29.3 Å². The van der Waals surface area contributed by atoms with E-state index in [2.05, 4.69) is 5.32 Å². The number of amides is 1. The molecule has 4 nitrogen and oxygen atoms in total. The second-order valence-corrected chi connectivity index (χ2v) is 5.87. The fourth-order valence-electron chi connectivity index (χ4n) is 1.96. The van der Waals surface area contributed by atoms with E-state index in [0.717, 1.165) is 5.56 Å². The van der Waals surface area contributed by atoms with Gasteiger partial charge in [0.1, 0.15) is 11.5 Å². The molecule has 2 aromatic rings. The van der Waals surface area contributed by atoms with E-state index in [1.165, 1.54) is 7.11 Å². The minimum Gasteiger partial charge on any atom is -0.495 e. The summed E-state index contributed by atoms with van der Waals surface area (Å²) in [7, 11) is 1.52. The Morgan fingerprint density at radius 2 is 1.87 bits per heavy atom. The van der Waals surface area contributed by atoms with E-state index in [1.807, 2.05) is 13.0 Å². The van der Waals surface area contributed by atoms with Gasteiger partial charge in [-0.05, 0) is 49.7 Å². The Morgan fingerprint density at radius 3 is 2.57 bits per heavy atom. The number of hydrogen-bond donors (Lipinski definition) is 1. The van der Waals surface area contributed by atoms with E-state index in [-0.39, 0.29) is 5.91 Å². The highest BCUT2D eigenvalue weighted by molar-refractivity contribution is 6.32. The molecule has 0 radical (unpaired) electrons. The van der Waals surface area contributed by atoms with Crippen LogP contribution in [0.25, 0.3) is 0 Å². The molecule has 0 fully saturated rings. The van der Waals surface area contributed by atoms with Crippen LogP contribution in [0, 0.1) is 6.92 Å². The maximum atomic E-state index is 12.3. The van der Waals surface area contributed by atoms with Gasteiger partial charge in [-0.3, -0.25) is 4.79 Å². The molecule has 23 heavy (non-hydrogen) atoms. The Kier molecular flexibility index (Phi) is 5.74. The van der Waals surface area contributed by atoms with E-state index in [4.69, 9.17) is 32.7 Å². The maximum absolute atomic E-state index is 12.3. The lowest BCUT2D eigenvalue weighted by atomic mass is 10.2. The number of methoxy groups -OCH3 is 1. The average molecular weight is 354 g/mol. The summed E-state index contributed by atoms with van der Waals surface area (Å²) in [5.41, 5.74) is 1.48. The second-order valence-electron chi connectivity index (χ2n) is 5.03. The molecule has 2 rings (SSSR count). The Morgan fingerprint density at radius 1 is 1.13 bits per heavy atom. The number of carbonyl (C=O) groups is 1. The van der Waals surface area contributed by atoms with E-state index in [0.29, 0.717) is 27.2 Å². The van der Waals surface area contributed by atoms with Crippen LogP contribution in [-0.4, -0.2) is 19.1 Å². The van der Waals surface area contributed by atoms with Crippen molar-refractivity contribution in [2.24, 2.45) is 0 Å². The van der Waals surface area contributed by atoms with Crippen molar-refractivity contribution in [3.05, 3.63) is 52.0 Å². The van der Waals surface area contributed by atoms with Gasteiger partial charge in [0.25, 0.3) is 5.91 Å². The summed E-state index contributed by atoms with van der Waals surface area (Å²) in [6.07, 6.45) is -0.738. The van der Waals surface area contributed by atoms with Crippen molar-refractivity contribution >= 4 is 34.8 Å². The SMILES string of the molecule is COc1ccc(Cl)cc1NC(=O)[C@H](C)Oc1cc(C)ccc1Cl. The molecule has 0 saturated heterocycles. The van der Waals surface area contributed by atoms with Crippen molar-refractivity contribution in [3.63, 3.8) is 0 Å². The summed E-state index contributed by atoms with van der Waals surface area (Å²) in [5.74, 6) is 0.652. The van der Waals surface area contributed by atoms with Crippen LogP contribution < -0.4 is 14.8 Å². The van der Waals surface area contributed by atoms with Crippen molar-refractivity contribution < 1.29 is 14.3 Å². The van der Waals surface area contributed by atoms with Crippen LogP contribution in [0.15, 0.2) is 36.4 Å². The lowest BCUT2D eigenvalue weighted by Gasteiger charge is -2.17. The molecule has 1 N–H and O–H groups in total. The molecule has 0 aromatic heterocycles. The third-order valence-corrected chi connectivity index (χ3v) is 3.73. The molecule has 0 aliphatic heterocycles. The first kappa shape index (κ1) is 17.4. The number of rotatable bonds is 5. The molecule has 0 aliphatic carbocycles. The number of ether oxygens (including phenoxy) is 2. The van der Waals surface area contributed by atoms with E-state index < -0.39 is 6.10 Å². The van der Waals surface area contributed by atoms with E-state index >= 15 is 0 Å². The zero-order valence-electron chi connectivity index (χ0n) is 13.0. The predicted molar refractivity (Wildman–Crippen MR) is 92.9 cm³/mol. The molecule has 0 saturated carbocycles. The van der Waals surface area contributed by atoms with Crippen LogP contribution in [0.5, 0.6) is 11.5 Å². The number of aryl methyl sites for hydroxylation is 1. The maximum Gasteiger partial charge on any atom is 0.265 e. The number of carbonyl (C=O) groups excluding carboxylic acids is 1. The van der Waals surface area contributed by atoms with Gasteiger partial charge in [-0.15, -0.1) is 0 Å². The number of anilines is 1. The molecule has 1 amide bonds. The summed E-state index contributed by atoms with van der Waals surface area (Å²) in [6, 6.07) is 10.4. The Bertz CT molecular complexity index is 719. The van der Waals surface area contributed by atoms with Crippen LogP contribution in [0.1, 0.15) is 12.5 Å². The van der Waals surface area contributed by atoms with Crippen LogP contribution >= 0.6 is 23.2 Å². The fourth-order valence-corrected chi connectivity index (χ4v) is 2.29. The normalized spacial score (nSPS) is 11.7. The minimum absolute atomic E-state index is 0.330. The fraction of sp³-hybridized carbons (Fsp3) is 0.235. The van der Waals surface area contributed by atoms with Crippen LogP contribution in [-0.2, 0) is 4.79 Å². The molecule has 122 valence electrons. The second kappa shape index (κ2) is 7.57. The van der Waals surface area contributed by atoms with Gasteiger partial charge in [0.2, 0.25) is 0 Å². The smallest absolute Gasteiger partial charge is 0.265 e. The van der Waals surface area contributed by atoms with Gasteiger partial charge in [-0.25, -0.2) is 0 Å². The molecular weight excluding hydrogens is 337 g/mol. The Balaban J connectivity index is 2.11. The molecule has 0 heterocycles. The number of halogens is 2. The van der Waals surface area contributed by atoms with Gasteiger partial charge in [0.15, 0.2) is 6.10 Å². The zero-order valence-corrected chi connectivity index (χ0v) is 14.5. The lowest BCUT2D eigenvalue weighted by Crippen LogP contribution is -2.30. The third-order valence-electron chi connectivity index (χ3n) is 3.18. The molecule has 1 atom stereocenters. The van der Waals surface area contributed by atoms with E-state index in [9.17, 15) is 4.79 Å². The van der Waals surface area contributed by atoms with Gasteiger partial charge in [-0.2, -0.15) is 0 Å². The largest absolute Gasteiger partial charge is 0.495 e. The van der Waals surface area contributed by atoms with Gasteiger partial charge >= 0.3 is 0 Å². The van der Waals surface area contributed by atoms with Crippen LogP contribution in [0.4, 0.5) is 5.69 Å². The molecule has 6 heteroatoms. The van der Waals surface area contributed by atoms with Crippen LogP contribution in [0.2, 0.25) is 10.0 Å². The predicted octanol–water partition coefficient (Wildman–Crippen LogP) is 4.72. The molecule has 0 unspecified atom stereocenters. The number of benzene rings is 2. The Labute approximate surface area is 145 Å². The highest BCUT2D eigenvalue weighted by Crippen LogP contribution is 2.29. The van der Waals surface area contributed by atoms with Crippen molar-refractivity contribution in [3.8, 4) is 11.5 Å². The molecule has 0 spiro atoms. The van der Waals surface area contributed by atoms with Crippen LogP contribution in [0.3, 0.4) is 0 Å². The van der Waals surface area contributed by atoms with Crippen molar-refractivity contribution in [1.82, 2.24) is 0 Å². The first-order chi connectivity index (χ1) is 10.9. The highest BCUT2D eigenvalue weighted by Gasteiger charge is 2.18. The number of nitrogens with one attached hydrogen (secondary N) is 1. The molecule has 2 aromatic carbocycles. The monoisotopic (exact) mass is 353 g/mol. The summed E-state index contributed by atoms with van der Waals surface area (Å²) < 4.78 is 10.8. The summed E-state index contributed by atoms with van der Waals surface area (Å²) in [5, 5.41) is 3.69. The minimum atomic E-state index is -0.738. The standard InChI is InChI=1S/C17H17Cl2NO3/c1-10-4-6-13(19)16(8-10)23-11(2)17(21)20-14-9-12(18)5-7-15(14)22-3/h4-9,11H,1-3H3,(H,20,21)/t11-/m0/s1.